The molecule has 14 aromatic rings. The zero-order valence-electron chi connectivity index (χ0n) is 36.5. The molecule has 0 radical (unpaired) electrons. The van der Waals surface area contributed by atoms with Gasteiger partial charge < -0.3 is 4.42 Å². The summed E-state index contributed by atoms with van der Waals surface area (Å²) in [7, 11) is 0. The van der Waals surface area contributed by atoms with Crippen molar-refractivity contribution in [3.8, 4) is 67.5 Å². The fourth-order valence-corrected chi connectivity index (χ4v) is 11.4. The Bertz CT molecular complexity index is 4320. The van der Waals surface area contributed by atoms with E-state index >= 15 is 0 Å². The van der Waals surface area contributed by atoms with E-state index in [1.807, 2.05) is 0 Å². The number of aromatic nitrogens is 3. The Morgan fingerprint density at radius 2 is 0.838 bits per heavy atom. The molecular formula is C63H37N3OS. The Kier molecular flexibility index (Phi) is 8.73. The molecule has 14 rings (SSSR count). The van der Waals surface area contributed by atoms with Crippen LogP contribution < -0.4 is 0 Å². The van der Waals surface area contributed by atoms with Gasteiger partial charge >= 0.3 is 0 Å². The molecule has 0 saturated heterocycles. The van der Waals surface area contributed by atoms with Gasteiger partial charge in [-0.2, -0.15) is 0 Å². The van der Waals surface area contributed by atoms with Crippen molar-refractivity contribution < 1.29 is 4.42 Å². The van der Waals surface area contributed by atoms with Gasteiger partial charge in [-0.15, -0.1) is 11.3 Å². The lowest BCUT2D eigenvalue weighted by atomic mass is 9.86. The van der Waals surface area contributed by atoms with Crippen LogP contribution in [0.3, 0.4) is 0 Å². The zero-order chi connectivity index (χ0) is 44.7. The Balaban J connectivity index is 0.999. The molecule has 0 saturated carbocycles. The molecule has 316 valence electrons. The molecule has 0 N–H and O–H groups in total. The Morgan fingerprint density at radius 1 is 0.294 bits per heavy atom. The highest BCUT2D eigenvalue weighted by molar-refractivity contribution is 7.25. The minimum Gasteiger partial charge on any atom is -0.456 e. The molecule has 0 aliphatic rings. The van der Waals surface area contributed by atoms with Gasteiger partial charge in [0.05, 0.1) is 0 Å². The van der Waals surface area contributed by atoms with Crippen molar-refractivity contribution in [3.05, 3.63) is 224 Å². The van der Waals surface area contributed by atoms with E-state index in [9.17, 15) is 0 Å². The molecule has 0 spiro atoms. The third-order valence-corrected chi connectivity index (χ3v) is 14.7. The number of benzene rings is 11. The summed E-state index contributed by atoms with van der Waals surface area (Å²) < 4.78 is 9.21. The predicted octanol–water partition coefficient (Wildman–Crippen LogP) is 17.6. The van der Waals surface area contributed by atoms with Crippen molar-refractivity contribution in [2.75, 3.05) is 0 Å². The number of thiophene rings is 1. The van der Waals surface area contributed by atoms with Crippen LogP contribution in [0.5, 0.6) is 0 Å². The summed E-state index contributed by atoms with van der Waals surface area (Å²) in [4.78, 5) is 15.9. The van der Waals surface area contributed by atoms with Crippen molar-refractivity contribution >= 4 is 85.8 Å². The van der Waals surface area contributed by atoms with Crippen molar-refractivity contribution in [2.45, 2.75) is 0 Å². The van der Waals surface area contributed by atoms with E-state index in [2.05, 4.69) is 224 Å². The normalized spacial score (nSPS) is 11.8. The third kappa shape index (κ3) is 6.32. The number of hydrogen-bond acceptors (Lipinski definition) is 5. The number of nitrogens with zero attached hydrogens (tertiary/aromatic N) is 3. The lowest BCUT2D eigenvalue weighted by Gasteiger charge is -2.17. The summed E-state index contributed by atoms with van der Waals surface area (Å²) in [6.07, 6.45) is 0. The van der Waals surface area contributed by atoms with E-state index in [0.29, 0.717) is 17.5 Å². The first-order valence-corrected chi connectivity index (χ1v) is 23.7. The fraction of sp³-hybridized carbons (Fsp3) is 0. The molecule has 4 nitrogen and oxygen atoms in total. The van der Waals surface area contributed by atoms with Crippen LogP contribution in [0.2, 0.25) is 0 Å². The van der Waals surface area contributed by atoms with Crippen LogP contribution in [0.15, 0.2) is 229 Å². The van der Waals surface area contributed by atoms with Gasteiger partial charge in [-0.05, 0) is 103 Å². The number of rotatable bonds is 6. The molecule has 0 fully saturated rings. The highest BCUT2D eigenvalue weighted by atomic mass is 32.1. The summed E-state index contributed by atoms with van der Waals surface area (Å²) in [5.41, 5.74) is 11.4. The largest absolute Gasteiger partial charge is 0.456 e. The second kappa shape index (κ2) is 15.4. The van der Waals surface area contributed by atoms with E-state index in [1.54, 1.807) is 11.3 Å². The van der Waals surface area contributed by atoms with Crippen molar-refractivity contribution in [2.24, 2.45) is 0 Å². The van der Waals surface area contributed by atoms with Crippen LogP contribution >= 0.6 is 11.3 Å². The van der Waals surface area contributed by atoms with Crippen molar-refractivity contribution in [3.63, 3.8) is 0 Å². The van der Waals surface area contributed by atoms with Gasteiger partial charge in [-0.25, -0.2) is 15.0 Å². The standard InChI is InChI=1S/C63H37N3OS/c1-2-12-38(13-3-1)40-22-25-41(26-23-40)47-32-33-55-60(54-35-43-16-6-7-17-44(43)36-56(54)67-55)59(47)52-30-31-53(49-19-9-8-18-48(49)52)63-65-61(45-27-24-39-14-4-5-15-42(39)34-45)64-62(66-63)46-28-29-51-50-20-10-11-21-57(50)68-58(51)37-46/h1-37H. The lowest BCUT2D eigenvalue weighted by molar-refractivity contribution is 0.669. The second-order valence-electron chi connectivity index (χ2n) is 17.5. The van der Waals surface area contributed by atoms with Gasteiger partial charge in [-0.3, -0.25) is 0 Å². The average Bonchev–Trinajstić information content (AvgIpc) is 3.97. The van der Waals surface area contributed by atoms with Crippen LogP contribution in [0.4, 0.5) is 0 Å². The number of hydrogen-bond donors (Lipinski definition) is 0. The molecule has 0 bridgehead atoms. The van der Waals surface area contributed by atoms with Crippen LogP contribution in [-0.4, -0.2) is 15.0 Å². The summed E-state index contributed by atoms with van der Waals surface area (Å²) >= 11 is 1.80. The van der Waals surface area contributed by atoms with Gasteiger partial charge in [0.2, 0.25) is 0 Å². The maximum absolute atomic E-state index is 6.75. The lowest BCUT2D eigenvalue weighted by Crippen LogP contribution is -2.01. The summed E-state index contributed by atoms with van der Waals surface area (Å²) in [6, 6.07) is 80.0. The highest BCUT2D eigenvalue weighted by Gasteiger charge is 2.23. The molecule has 0 aliphatic heterocycles. The van der Waals surface area contributed by atoms with Gasteiger partial charge in [0.15, 0.2) is 17.5 Å². The number of furan rings is 1. The van der Waals surface area contributed by atoms with Crippen LogP contribution in [0.25, 0.3) is 142 Å². The SMILES string of the molecule is c1ccc(-c2ccc(-c3ccc4oc5cc6ccccc6cc5c4c3-c3ccc(-c4nc(-c5ccc6ccccc6c5)nc(-c5ccc6c(c5)sc5ccccc56)n4)c4ccccc34)cc2)cc1. The van der Waals surface area contributed by atoms with Gasteiger partial charge in [0.1, 0.15) is 11.2 Å². The Hall–Kier alpha value is -8.77. The molecule has 11 aromatic carbocycles. The molecule has 5 heteroatoms. The molecule has 3 aromatic heterocycles. The minimum atomic E-state index is 0.618. The van der Waals surface area contributed by atoms with Crippen LogP contribution in [0.1, 0.15) is 0 Å². The highest BCUT2D eigenvalue weighted by Crippen LogP contribution is 2.47. The third-order valence-electron chi connectivity index (χ3n) is 13.5. The van der Waals surface area contributed by atoms with E-state index in [0.717, 1.165) is 82.4 Å². The van der Waals surface area contributed by atoms with Gasteiger partial charge in [0, 0.05) is 53.2 Å². The fourth-order valence-electron chi connectivity index (χ4n) is 10.2. The molecule has 0 amide bonds. The van der Waals surface area contributed by atoms with E-state index in [1.165, 1.54) is 42.1 Å². The molecule has 0 unspecified atom stereocenters. The molecule has 0 atom stereocenters. The molecule has 3 heterocycles. The van der Waals surface area contributed by atoms with Gasteiger partial charge in [-0.1, -0.05) is 182 Å². The maximum Gasteiger partial charge on any atom is 0.164 e. The summed E-state index contributed by atoms with van der Waals surface area (Å²) in [5.74, 6) is 1.88. The molecule has 68 heavy (non-hydrogen) atoms. The molecule has 0 aliphatic carbocycles. The second-order valence-corrected chi connectivity index (χ2v) is 18.6. The van der Waals surface area contributed by atoms with E-state index < -0.39 is 0 Å². The van der Waals surface area contributed by atoms with E-state index in [4.69, 9.17) is 19.4 Å². The number of fused-ring (bicyclic) bond motifs is 9. The minimum absolute atomic E-state index is 0.618. The monoisotopic (exact) mass is 883 g/mol. The van der Waals surface area contributed by atoms with Crippen LogP contribution in [0, 0.1) is 0 Å². The van der Waals surface area contributed by atoms with Crippen molar-refractivity contribution in [1.82, 2.24) is 15.0 Å². The Morgan fingerprint density at radius 3 is 1.63 bits per heavy atom. The first kappa shape index (κ1) is 38.5. The van der Waals surface area contributed by atoms with Crippen LogP contribution in [-0.2, 0) is 0 Å². The summed E-state index contributed by atoms with van der Waals surface area (Å²) in [5, 5.41) is 11.4. The predicted molar refractivity (Wildman–Crippen MR) is 285 cm³/mol. The Labute approximate surface area is 395 Å². The zero-order valence-corrected chi connectivity index (χ0v) is 37.3. The first-order valence-electron chi connectivity index (χ1n) is 22.9. The topological polar surface area (TPSA) is 51.8 Å². The first-order chi connectivity index (χ1) is 33.7. The van der Waals surface area contributed by atoms with E-state index in [-0.39, 0.29) is 0 Å². The maximum atomic E-state index is 6.75. The molecular weight excluding hydrogens is 847 g/mol. The quantitative estimate of drug-likeness (QED) is 0.167. The smallest absolute Gasteiger partial charge is 0.164 e. The average molecular weight is 884 g/mol. The van der Waals surface area contributed by atoms with Crippen molar-refractivity contribution in [1.29, 1.82) is 0 Å². The summed E-state index contributed by atoms with van der Waals surface area (Å²) in [6.45, 7) is 0. The van der Waals surface area contributed by atoms with Gasteiger partial charge in [0.25, 0.3) is 0 Å².